The molecule has 0 saturated heterocycles. The van der Waals surface area contributed by atoms with E-state index in [4.69, 9.17) is 15.3 Å². The van der Waals surface area contributed by atoms with E-state index in [2.05, 4.69) is 11.5 Å². The highest BCUT2D eigenvalue weighted by molar-refractivity contribution is 5.04. The lowest BCUT2D eigenvalue weighted by atomic mass is 10.1. The number of nitrogens with two attached hydrogens (primary N) is 1. The fraction of sp³-hybridized carbons (Fsp3) is 0.750. The number of ether oxygens (including phenoxy) is 2. The van der Waals surface area contributed by atoms with Gasteiger partial charge in [0.25, 0.3) is 0 Å². The van der Waals surface area contributed by atoms with Gasteiger partial charge >= 0.3 is 0 Å². The highest BCUT2D eigenvalue weighted by atomic mass is 16.5. The minimum atomic E-state index is -0.00435. The SMILES string of the molecule is COCC(NN)C1=CCCCO1. The van der Waals surface area contributed by atoms with Crippen LogP contribution in [0, 0.1) is 0 Å². The number of hydrazine groups is 1. The molecule has 1 atom stereocenters. The normalized spacial score (nSPS) is 19.7. The third kappa shape index (κ3) is 2.48. The van der Waals surface area contributed by atoms with E-state index in [0.717, 1.165) is 25.2 Å². The van der Waals surface area contributed by atoms with E-state index in [1.165, 1.54) is 0 Å². The molecule has 0 aromatic carbocycles. The van der Waals surface area contributed by atoms with Gasteiger partial charge in [0.1, 0.15) is 11.8 Å². The number of nitrogens with one attached hydrogen (secondary N) is 1. The Morgan fingerprint density at radius 1 is 1.83 bits per heavy atom. The molecular formula is C8H16N2O2. The molecule has 0 aromatic heterocycles. The van der Waals surface area contributed by atoms with Gasteiger partial charge in [0.15, 0.2) is 0 Å². The Morgan fingerprint density at radius 3 is 3.17 bits per heavy atom. The van der Waals surface area contributed by atoms with Gasteiger partial charge < -0.3 is 9.47 Å². The van der Waals surface area contributed by atoms with Gasteiger partial charge in [-0.05, 0) is 18.9 Å². The maximum Gasteiger partial charge on any atom is 0.113 e. The highest BCUT2D eigenvalue weighted by Crippen LogP contribution is 2.13. The van der Waals surface area contributed by atoms with E-state index in [9.17, 15) is 0 Å². The highest BCUT2D eigenvalue weighted by Gasteiger charge is 2.15. The monoisotopic (exact) mass is 172 g/mol. The second kappa shape index (κ2) is 5.13. The van der Waals surface area contributed by atoms with Crippen LogP contribution < -0.4 is 11.3 Å². The number of hydrogen-bond acceptors (Lipinski definition) is 4. The standard InChI is InChI=1S/C8H16N2O2/c1-11-6-7(10-9)8-4-2-3-5-12-8/h4,7,10H,2-3,5-6,9H2,1H3. The fourth-order valence-electron chi connectivity index (χ4n) is 1.20. The lowest BCUT2D eigenvalue weighted by Crippen LogP contribution is -2.41. The molecule has 0 amide bonds. The first-order valence-corrected chi connectivity index (χ1v) is 4.16. The van der Waals surface area contributed by atoms with Gasteiger partial charge in [-0.3, -0.25) is 5.84 Å². The average molecular weight is 172 g/mol. The van der Waals surface area contributed by atoms with Crippen molar-refractivity contribution in [2.75, 3.05) is 20.3 Å². The van der Waals surface area contributed by atoms with Crippen molar-refractivity contribution in [1.29, 1.82) is 0 Å². The lowest BCUT2D eigenvalue weighted by molar-refractivity contribution is 0.118. The predicted molar refractivity (Wildman–Crippen MR) is 46.3 cm³/mol. The smallest absolute Gasteiger partial charge is 0.113 e. The molecule has 3 N–H and O–H groups in total. The van der Waals surface area contributed by atoms with Gasteiger partial charge in [0, 0.05) is 7.11 Å². The fourth-order valence-corrected chi connectivity index (χ4v) is 1.20. The van der Waals surface area contributed by atoms with Crippen molar-refractivity contribution >= 4 is 0 Å². The summed E-state index contributed by atoms with van der Waals surface area (Å²) >= 11 is 0. The number of allylic oxidation sites excluding steroid dienone is 1. The first-order chi connectivity index (χ1) is 5.88. The Balaban J connectivity index is 2.45. The molecule has 0 bridgehead atoms. The van der Waals surface area contributed by atoms with Crippen LogP contribution in [0.25, 0.3) is 0 Å². The Kier molecular flexibility index (Phi) is 4.07. The predicted octanol–water partition coefficient (Wildman–Crippen LogP) is 0.159. The first-order valence-electron chi connectivity index (χ1n) is 4.16. The van der Waals surface area contributed by atoms with Gasteiger partial charge in [0.2, 0.25) is 0 Å². The Bertz CT molecular complexity index is 159. The molecule has 0 aliphatic carbocycles. The quantitative estimate of drug-likeness (QED) is 0.468. The summed E-state index contributed by atoms with van der Waals surface area (Å²) in [7, 11) is 1.65. The molecule has 0 fully saturated rings. The second-order valence-electron chi connectivity index (χ2n) is 2.77. The molecule has 1 aliphatic heterocycles. The van der Waals surface area contributed by atoms with Crippen molar-refractivity contribution in [3.05, 3.63) is 11.8 Å². The molecule has 12 heavy (non-hydrogen) atoms. The molecular weight excluding hydrogens is 156 g/mol. The van der Waals surface area contributed by atoms with E-state index in [1.807, 2.05) is 0 Å². The zero-order chi connectivity index (χ0) is 8.81. The van der Waals surface area contributed by atoms with Crippen molar-refractivity contribution in [1.82, 2.24) is 5.43 Å². The summed E-state index contributed by atoms with van der Waals surface area (Å²) in [5.41, 5.74) is 2.65. The maximum absolute atomic E-state index is 5.42. The molecule has 1 aliphatic rings. The van der Waals surface area contributed by atoms with Gasteiger partial charge in [0.05, 0.1) is 13.2 Å². The summed E-state index contributed by atoms with van der Waals surface area (Å²) in [5, 5.41) is 0. The van der Waals surface area contributed by atoms with Crippen molar-refractivity contribution in [2.24, 2.45) is 5.84 Å². The van der Waals surface area contributed by atoms with Crippen molar-refractivity contribution in [2.45, 2.75) is 18.9 Å². The molecule has 70 valence electrons. The Hall–Kier alpha value is -0.580. The summed E-state index contributed by atoms with van der Waals surface area (Å²) in [4.78, 5) is 0. The summed E-state index contributed by atoms with van der Waals surface area (Å²) in [6.07, 6.45) is 4.22. The van der Waals surface area contributed by atoms with Crippen LogP contribution >= 0.6 is 0 Å². The van der Waals surface area contributed by atoms with E-state index >= 15 is 0 Å². The minimum absolute atomic E-state index is 0.00435. The number of methoxy groups -OCH3 is 1. The van der Waals surface area contributed by atoms with E-state index < -0.39 is 0 Å². The van der Waals surface area contributed by atoms with Gasteiger partial charge in [-0.2, -0.15) is 0 Å². The van der Waals surface area contributed by atoms with Crippen LogP contribution in [0.3, 0.4) is 0 Å². The maximum atomic E-state index is 5.42. The molecule has 4 heteroatoms. The Morgan fingerprint density at radius 2 is 2.67 bits per heavy atom. The van der Waals surface area contributed by atoms with E-state index in [0.29, 0.717) is 6.61 Å². The van der Waals surface area contributed by atoms with Gasteiger partial charge in [-0.1, -0.05) is 0 Å². The van der Waals surface area contributed by atoms with Gasteiger partial charge in [-0.25, -0.2) is 5.43 Å². The summed E-state index contributed by atoms with van der Waals surface area (Å²) in [6, 6.07) is -0.00435. The van der Waals surface area contributed by atoms with Crippen LogP contribution in [0.5, 0.6) is 0 Å². The molecule has 1 heterocycles. The second-order valence-corrected chi connectivity index (χ2v) is 2.77. The lowest BCUT2D eigenvalue weighted by Gasteiger charge is -2.22. The number of hydrogen-bond donors (Lipinski definition) is 2. The first kappa shape index (κ1) is 9.51. The average Bonchev–Trinajstić information content (AvgIpc) is 2.15. The minimum Gasteiger partial charge on any atom is -0.496 e. The number of rotatable bonds is 4. The third-order valence-corrected chi connectivity index (χ3v) is 1.84. The summed E-state index contributed by atoms with van der Waals surface area (Å²) < 4.78 is 10.4. The van der Waals surface area contributed by atoms with E-state index in [-0.39, 0.29) is 6.04 Å². The molecule has 1 rings (SSSR count). The molecule has 0 saturated carbocycles. The zero-order valence-electron chi connectivity index (χ0n) is 7.38. The molecule has 0 spiro atoms. The largest absolute Gasteiger partial charge is 0.496 e. The molecule has 0 aromatic rings. The van der Waals surface area contributed by atoms with Crippen LogP contribution in [0.2, 0.25) is 0 Å². The van der Waals surface area contributed by atoms with Crippen molar-refractivity contribution in [3.8, 4) is 0 Å². The Labute approximate surface area is 72.7 Å². The third-order valence-electron chi connectivity index (χ3n) is 1.84. The molecule has 4 nitrogen and oxygen atoms in total. The topological polar surface area (TPSA) is 56.5 Å². The van der Waals surface area contributed by atoms with Crippen molar-refractivity contribution < 1.29 is 9.47 Å². The van der Waals surface area contributed by atoms with Crippen molar-refractivity contribution in [3.63, 3.8) is 0 Å². The van der Waals surface area contributed by atoms with Crippen LogP contribution in [-0.2, 0) is 9.47 Å². The molecule has 0 radical (unpaired) electrons. The van der Waals surface area contributed by atoms with Crippen LogP contribution in [0.1, 0.15) is 12.8 Å². The summed E-state index contributed by atoms with van der Waals surface area (Å²) in [6.45, 7) is 1.33. The van der Waals surface area contributed by atoms with E-state index in [1.54, 1.807) is 7.11 Å². The van der Waals surface area contributed by atoms with Crippen LogP contribution in [-0.4, -0.2) is 26.4 Å². The van der Waals surface area contributed by atoms with Crippen LogP contribution in [0.15, 0.2) is 11.8 Å². The van der Waals surface area contributed by atoms with Crippen LogP contribution in [0.4, 0.5) is 0 Å². The zero-order valence-corrected chi connectivity index (χ0v) is 7.38. The molecule has 1 unspecified atom stereocenters. The van der Waals surface area contributed by atoms with Gasteiger partial charge in [-0.15, -0.1) is 0 Å². The summed E-state index contributed by atoms with van der Waals surface area (Å²) in [5.74, 6) is 6.25.